The Morgan fingerprint density at radius 3 is 1.69 bits per heavy atom. The van der Waals surface area contributed by atoms with Crippen LogP contribution in [0.15, 0.2) is 12.1 Å². The summed E-state index contributed by atoms with van der Waals surface area (Å²) < 4.78 is 41.5. The molecule has 13 heavy (non-hydrogen) atoms. The molecule has 0 unspecified atom stereocenters. The summed E-state index contributed by atoms with van der Waals surface area (Å²) in [6, 6.07) is 1.11. The van der Waals surface area contributed by atoms with Crippen molar-refractivity contribution in [3.63, 3.8) is 0 Å². The van der Waals surface area contributed by atoms with Crippen molar-refractivity contribution in [1.82, 2.24) is 0 Å². The Bertz CT molecular complexity index is 251. The van der Waals surface area contributed by atoms with Gasteiger partial charge in [-0.05, 0) is 0 Å². The minimum atomic E-state index is -1.04. The number of hydrogen-bond donors (Lipinski definition) is 0. The van der Waals surface area contributed by atoms with E-state index in [1.54, 1.807) is 0 Å². The van der Waals surface area contributed by atoms with E-state index in [1.807, 2.05) is 13.8 Å². The van der Waals surface area contributed by atoms with Gasteiger partial charge in [-0.25, -0.2) is 13.2 Å². The SMILES string of the molecule is CC.COc1c(F)cc(F)cc1F. The lowest BCUT2D eigenvalue weighted by atomic mass is 10.3. The topological polar surface area (TPSA) is 9.23 Å². The van der Waals surface area contributed by atoms with Crippen LogP contribution in [0.4, 0.5) is 13.2 Å². The van der Waals surface area contributed by atoms with Gasteiger partial charge in [0, 0.05) is 12.1 Å². The van der Waals surface area contributed by atoms with E-state index in [-0.39, 0.29) is 0 Å². The maximum atomic E-state index is 12.5. The molecule has 1 aromatic carbocycles. The number of benzene rings is 1. The molecule has 1 nitrogen and oxygen atoms in total. The summed E-state index contributed by atoms with van der Waals surface area (Å²) in [5.74, 6) is -3.60. The van der Waals surface area contributed by atoms with Gasteiger partial charge in [-0.15, -0.1) is 0 Å². The fraction of sp³-hybridized carbons (Fsp3) is 0.333. The summed E-state index contributed by atoms with van der Waals surface area (Å²) in [5, 5.41) is 0. The first-order valence-electron chi connectivity index (χ1n) is 3.83. The summed E-state index contributed by atoms with van der Waals surface area (Å²) in [7, 11) is 1.11. The van der Waals surface area contributed by atoms with Gasteiger partial charge in [0.25, 0.3) is 0 Å². The minimum absolute atomic E-state index is 0.557. The van der Waals surface area contributed by atoms with Crippen LogP contribution in [-0.2, 0) is 0 Å². The molecule has 0 heterocycles. The van der Waals surface area contributed by atoms with E-state index in [9.17, 15) is 13.2 Å². The van der Waals surface area contributed by atoms with Gasteiger partial charge in [0.05, 0.1) is 7.11 Å². The van der Waals surface area contributed by atoms with Crippen LogP contribution in [0.2, 0.25) is 0 Å². The van der Waals surface area contributed by atoms with Crippen LogP contribution >= 0.6 is 0 Å². The fourth-order valence-electron chi connectivity index (χ4n) is 0.724. The monoisotopic (exact) mass is 192 g/mol. The molecule has 0 radical (unpaired) electrons. The van der Waals surface area contributed by atoms with E-state index in [0.717, 1.165) is 7.11 Å². The molecule has 0 atom stereocenters. The third-order valence-corrected chi connectivity index (χ3v) is 1.17. The highest BCUT2D eigenvalue weighted by Crippen LogP contribution is 2.21. The molecule has 0 aliphatic carbocycles. The van der Waals surface area contributed by atoms with Gasteiger partial charge in [-0.2, -0.15) is 0 Å². The first kappa shape index (κ1) is 11.8. The molecule has 0 bridgehead atoms. The zero-order valence-electron chi connectivity index (χ0n) is 7.70. The predicted octanol–water partition coefficient (Wildman–Crippen LogP) is 3.14. The summed E-state index contributed by atoms with van der Waals surface area (Å²) in [6.07, 6.45) is 0. The Morgan fingerprint density at radius 1 is 1.00 bits per heavy atom. The van der Waals surface area contributed by atoms with E-state index < -0.39 is 23.2 Å². The Kier molecular flexibility index (Phi) is 4.96. The Labute approximate surface area is 75.1 Å². The van der Waals surface area contributed by atoms with Gasteiger partial charge in [0.1, 0.15) is 5.82 Å². The van der Waals surface area contributed by atoms with Crippen molar-refractivity contribution in [3.05, 3.63) is 29.6 Å². The van der Waals surface area contributed by atoms with Crippen LogP contribution in [0.5, 0.6) is 5.75 Å². The van der Waals surface area contributed by atoms with Crippen molar-refractivity contribution in [2.24, 2.45) is 0 Å². The van der Waals surface area contributed by atoms with E-state index >= 15 is 0 Å². The van der Waals surface area contributed by atoms with Gasteiger partial charge < -0.3 is 4.74 Å². The Hall–Kier alpha value is -1.19. The van der Waals surface area contributed by atoms with Crippen molar-refractivity contribution in [3.8, 4) is 5.75 Å². The quantitative estimate of drug-likeness (QED) is 0.664. The number of methoxy groups -OCH3 is 1. The molecular weight excluding hydrogens is 181 g/mol. The summed E-state index contributed by atoms with van der Waals surface area (Å²) in [6.45, 7) is 4.00. The molecule has 0 N–H and O–H groups in total. The molecular formula is C9H11F3O. The highest BCUT2D eigenvalue weighted by molar-refractivity contribution is 5.26. The van der Waals surface area contributed by atoms with Crippen LogP contribution in [0, 0.1) is 17.5 Å². The third kappa shape index (κ3) is 2.97. The standard InChI is InChI=1S/C7H5F3O.C2H6/c1-11-7-5(9)2-4(8)3-6(7)10;1-2/h2-3H,1H3;1-2H3. The Balaban J connectivity index is 0.000000671. The molecule has 0 saturated heterocycles. The summed E-state index contributed by atoms with van der Waals surface area (Å²) in [5.41, 5.74) is 0. The van der Waals surface area contributed by atoms with Crippen molar-refractivity contribution in [2.75, 3.05) is 7.11 Å². The van der Waals surface area contributed by atoms with Gasteiger partial charge >= 0.3 is 0 Å². The van der Waals surface area contributed by atoms with E-state index in [2.05, 4.69) is 4.74 Å². The number of halogens is 3. The predicted molar refractivity (Wildman–Crippen MR) is 44.2 cm³/mol. The maximum Gasteiger partial charge on any atom is 0.190 e. The van der Waals surface area contributed by atoms with Gasteiger partial charge in [0.2, 0.25) is 0 Å². The summed E-state index contributed by atoms with van der Waals surface area (Å²) >= 11 is 0. The lowest BCUT2D eigenvalue weighted by molar-refractivity contribution is 0.356. The zero-order chi connectivity index (χ0) is 10.4. The second kappa shape index (κ2) is 5.45. The van der Waals surface area contributed by atoms with Crippen LogP contribution < -0.4 is 4.74 Å². The lowest BCUT2D eigenvalue weighted by Gasteiger charge is -2.01. The van der Waals surface area contributed by atoms with Crippen LogP contribution in [0.1, 0.15) is 13.8 Å². The summed E-state index contributed by atoms with van der Waals surface area (Å²) in [4.78, 5) is 0. The van der Waals surface area contributed by atoms with Crippen molar-refractivity contribution in [1.29, 1.82) is 0 Å². The normalized spacial score (nSPS) is 8.77. The van der Waals surface area contributed by atoms with E-state index in [0.29, 0.717) is 12.1 Å². The fourth-order valence-corrected chi connectivity index (χ4v) is 0.724. The molecule has 0 amide bonds. The van der Waals surface area contributed by atoms with Crippen molar-refractivity contribution < 1.29 is 17.9 Å². The van der Waals surface area contributed by atoms with Crippen LogP contribution in [0.3, 0.4) is 0 Å². The third-order valence-electron chi connectivity index (χ3n) is 1.17. The molecule has 4 heteroatoms. The van der Waals surface area contributed by atoms with Gasteiger partial charge in [0.15, 0.2) is 17.4 Å². The number of rotatable bonds is 1. The van der Waals surface area contributed by atoms with Gasteiger partial charge in [-0.3, -0.25) is 0 Å². The average molecular weight is 192 g/mol. The molecule has 0 spiro atoms. The van der Waals surface area contributed by atoms with Crippen LogP contribution in [-0.4, -0.2) is 7.11 Å². The minimum Gasteiger partial charge on any atom is -0.491 e. The zero-order valence-corrected chi connectivity index (χ0v) is 7.70. The number of hydrogen-bond acceptors (Lipinski definition) is 1. The van der Waals surface area contributed by atoms with Crippen molar-refractivity contribution in [2.45, 2.75) is 13.8 Å². The van der Waals surface area contributed by atoms with Gasteiger partial charge in [-0.1, -0.05) is 13.8 Å². The molecule has 0 saturated carbocycles. The molecule has 0 aromatic heterocycles. The molecule has 0 aliphatic heterocycles. The number of ether oxygens (including phenoxy) is 1. The lowest BCUT2D eigenvalue weighted by Crippen LogP contribution is -1.93. The smallest absolute Gasteiger partial charge is 0.190 e. The molecule has 0 aliphatic rings. The van der Waals surface area contributed by atoms with Crippen LogP contribution in [0.25, 0.3) is 0 Å². The molecule has 1 rings (SSSR count). The first-order chi connectivity index (χ1) is 6.15. The molecule has 74 valence electrons. The largest absolute Gasteiger partial charge is 0.491 e. The van der Waals surface area contributed by atoms with E-state index in [4.69, 9.17) is 0 Å². The van der Waals surface area contributed by atoms with E-state index in [1.165, 1.54) is 0 Å². The first-order valence-corrected chi connectivity index (χ1v) is 3.83. The second-order valence-corrected chi connectivity index (χ2v) is 1.90. The van der Waals surface area contributed by atoms with Crippen molar-refractivity contribution >= 4 is 0 Å². The Morgan fingerprint density at radius 2 is 1.38 bits per heavy atom. The molecule has 1 aromatic rings. The highest BCUT2D eigenvalue weighted by atomic mass is 19.1. The average Bonchev–Trinajstić information content (AvgIpc) is 2.07. The highest BCUT2D eigenvalue weighted by Gasteiger charge is 2.10. The molecule has 0 fully saturated rings. The maximum absolute atomic E-state index is 12.5. The second-order valence-electron chi connectivity index (χ2n) is 1.90.